The van der Waals surface area contributed by atoms with Crippen LogP contribution in [0, 0.1) is 5.82 Å². The molecule has 5 nitrogen and oxygen atoms in total. The average molecular weight is 356 g/mol. The summed E-state index contributed by atoms with van der Waals surface area (Å²) in [5.41, 5.74) is 3.00. The number of nitrogens with zero attached hydrogens (tertiary/aromatic N) is 2. The van der Waals surface area contributed by atoms with Crippen LogP contribution in [-0.2, 0) is 17.8 Å². The first-order valence-corrected chi connectivity index (χ1v) is 8.86. The smallest absolute Gasteiger partial charge is 0.191 e. The van der Waals surface area contributed by atoms with Gasteiger partial charge in [-0.2, -0.15) is 0 Å². The van der Waals surface area contributed by atoms with Gasteiger partial charge in [0.05, 0.1) is 13.2 Å². The Labute approximate surface area is 153 Å². The number of hydrogen-bond acceptors (Lipinski definition) is 3. The molecule has 0 unspecified atom stereocenters. The molecule has 0 aliphatic carbocycles. The molecule has 1 saturated heterocycles. The predicted octanol–water partition coefficient (Wildman–Crippen LogP) is 2.53. The maximum absolute atomic E-state index is 13.7. The summed E-state index contributed by atoms with van der Waals surface area (Å²) in [5.74, 6) is 0.430. The minimum atomic E-state index is -0.214. The lowest BCUT2D eigenvalue weighted by atomic mass is 10.2. The molecular weight excluding hydrogens is 331 g/mol. The lowest BCUT2D eigenvalue weighted by molar-refractivity contribution is 0.122. The third-order valence-electron chi connectivity index (χ3n) is 4.40. The van der Waals surface area contributed by atoms with Crippen LogP contribution in [0.2, 0.25) is 0 Å². The Balaban J connectivity index is 1.49. The second-order valence-corrected chi connectivity index (χ2v) is 6.14. The molecular formula is C20H25FN4O. The number of anilines is 1. The van der Waals surface area contributed by atoms with Crippen molar-refractivity contribution < 1.29 is 9.13 Å². The van der Waals surface area contributed by atoms with Crippen LogP contribution in [0.1, 0.15) is 11.1 Å². The number of ether oxygens (including phenoxy) is 1. The Morgan fingerprint density at radius 1 is 1.04 bits per heavy atom. The van der Waals surface area contributed by atoms with E-state index in [4.69, 9.17) is 4.74 Å². The number of morpholine rings is 1. The zero-order valence-electron chi connectivity index (χ0n) is 15.0. The van der Waals surface area contributed by atoms with Crippen molar-refractivity contribution in [2.45, 2.75) is 13.1 Å². The fourth-order valence-electron chi connectivity index (χ4n) is 2.87. The van der Waals surface area contributed by atoms with E-state index in [-0.39, 0.29) is 5.82 Å². The molecule has 0 amide bonds. The van der Waals surface area contributed by atoms with E-state index >= 15 is 0 Å². The van der Waals surface area contributed by atoms with Crippen molar-refractivity contribution in [3.63, 3.8) is 0 Å². The topological polar surface area (TPSA) is 48.9 Å². The summed E-state index contributed by atoms with van der Waals surface area (Å²) in [7, 11) is 1.71. The lowest BCUT2D eigenvalue weighted by Crippen LogP contribution is -2.37. The van der Waals surface area contributed by atoms with Crippen LogP contribution < -0.4 is 15.5 Å². The molecule has 1 fully saturated rings. The summed E-state index contributed by atoms with van der Waals surface area (Å²) in [5, 5.41) is 6.39. The second kappa shape index (κ2) is 9.20. The van der Waals surface area contributed by atoms with Crippen LogP contribution in [0.4, 0.5) is 10.1 Å². The van der Waals surface area contributed by atoms with E-state index in [2.05, 4.69) is 44.8 Å². The first kappa shape index (κ1) is 18.2. The largest absolute Gasteiger partial charge is 0.378 e. The molecule has 138 valence electrons. The Morgan fingerprint density at radius 2 is 1.73 bits per heavy atom. The highest BCUT2D eigenvalue weighted by molar-refractivity contribution is 5.79. The minimum Gasteiger partial charge on any atom is -0.378 e. The molecule has 2 aromatic carbocycles. The van der Waals surface area contributed by atoms with Gasteiger partial charge in [0.2, 0.25) is 0 Å². The van der Waals surface area contributed by atoms with E-state index in [9.17, 15) is 4.39 Å². The van der Waals surface area contributed by atoms with Crippen LogP contribution in [-0.4, -0.2) is 39.3 Å². The SMILES string of the molecule is CN=C(NCc1ccc(N2CCOCC2)cc1)NCc1ccccc1F. The third kappa shape index (κ3) is 4.95. The zero-order chi connectivity index (χ0) is 18.2. The summed E-state index contributed by atoms with van der Waals surface area (Å²) in [6.07, 6.45) is 0. The molecule has 1 heterocycles. The van der Waals surface area contributed by atoms with Crippen molar-refractivity contribution in [2.24, 2.45) is 4.99 Å². The quantitative estimate of drug-likeness (QED) is 0.639. The molecule has 1 aliphatic heterocycles. The first-order valence-electron chi connectivity index (χ1n) is 8.86. The van der Waals surface area contributed by atoms with Gasteiger partial charge in [0, 0.05) is 44.5 Å². The molecule has 3 rings (SSSR count). The molecule has 0 aromatic heterocycles. The summed E-state index contributed by atoms with van der Waals surface area (Å²) in [6, 6.07) is 15.2. The number of benzene rings is 2. The predicted molar refractivity (Wildman–Crippen MR) is 103 cm³/mol. The van der Waals surface area contributed by atoms with Crippen molar-refractivity contribution >= 4 is 11.6 Å². The standard InChI is InChI=1S/C20H25FN4O/c1-22-20(24-15-17-4-2-3-5-19(17)21)23-14-16-6-8-18(9-7-16)25-10-12-26-13-11-25/h2-9H,10-15H2,1H3,(H2,22,23,24). The number of halogens is 1. The van der Waals surface area contributed by atoms with Crippen LogP contribution >= 0.6 is 0 Å². The molecule has 0 saturated carbocycles. The number of nitrogens with one attached hydrogen (secondary N) is 2. The van der Waals surface area contributed by atoms with E-state index in [0.29, 0.717) is 24.6 Å². The Hall–Kier alpha value is -2.60. The van der Waals surface area contributed by atoms with Gasteiger partial charge in [0.15, 0.2) is 5.96 Å². The van der Waals surface area contributed by atoms with E-state index in [1.54, 1.807) is 19.2 Å². The van der Waals surface area contributed by atoms with Gasteiger partial charge in [-0.3, -0.25) is 4.99 Å². The second-order valence-electron chi connectivity index (χ2n) is 6.14. The van der Waals surface area contributed by atoms with Crippen LogP contribution in [0.25, 0.3) is 0 Å². The maximum Gasteiger partial charge on any atom is 0.191 e. The van der Waals surface area contributed by atoms with Crippen molar-refractivity contribution in [1.29, 1.82) is 0 Å². The van der Waals surface area contributed by atoms with Gasteiger partial charge in [-0.1, -0.05) is 30.3 Å². The van der Waals surface area contributed by atoms with Gasteiger partial charge in [-0.05, 0) is 23.8 Å². The van der Waals surface area contributed by atoms with Gasteiger partial charge in [0.1, 0.15) is 5.82 Å². The molecule has 0 bridgehead atoms. The van der Waals surface area contributed by atoms with Crippen molar-refractivity contribution in [1.82, 2.24) is 10.6 Å². The van der Waals surface area contributed by atoms with Gasteiger partial charge in [0.25, 0.3) is 0 Å². The highest BCUT2D eigenvalue weighted by Gasteiger charge is 2.10. The molecule has 1 aliphatic rings. The first-order chi connectivity index (χ1) is 12.8. The normalized spacial score (nSPS) is 15.0. The molecule has 26 heavy (non-hydrogen) atoms. The molecule has 0 atom stereocenters. The van der Waals surface area contributed by atoms with Gasteiger partial charge in [-0.25, -0.2) is 4.39 Å². The third-order valence-corrected chi connectivity index (χ3v) is 4.40. The monoisotopic (exact) mass is 356 g/mol. The Morgan fingerprint density at radius 3 is 2.42 bits per heavy atom. The highest BCUT2D eigenvalue weighted by atomic mass is 19.1. The van der Waals surface area contributed by atoms with Crippen molar-refractivity contribution in [2.75, 3.05) is 38.3 Å². The van der Waals surface area contributed by atoms with Crippen molar-refractivity contribution in [3.05, 3.63) is 65.5 Å². The molecule has 2 N–H and O–H groups in total. The van der Waals surface area contributed by atoms with E-state index in [1.807, 2.05) is 6.07 Å². The minimum absolute atomic E-state index is 0.214. The number of hydrogen-bond donors (Lipinski definition) is 2. The van der Waals surface area contributed by atoms with E-state index in [0.717, 1.165) is 31.9 Å². The lowest BCUT2D eigenvalue weighted by Gasteiger charge is -2.28. The molecule has 6 heteroatoms. The number of aliphatic imine (C=N–C) groups is 1. The van der Waals surface area contributed by atoms with Gasteiger partial charge >= 0.3 is 0 Å². The number of guanidine groups is 1. The molecule has 2 aromatic rings. The molecule has 0 radical (unpaired) electrons. The van der Waals surface area contributed by atoms with Crippen LogP contribution in [0.5, 0.6) is 0 Å². The summed E-state index contributed by atoms with van der Waals surface area (Å²) in [4.78, 5) is 6.52. The zero-order valence-corrected chi connectivity index (χ0v) is 15.0. The Bertz CT molecular complexity index is 727. The van der Waals surface area contributed by atoms with E-state index in [1.165, 1.54) is 11.8 Å². The maximum atomic E-state index is 13.7. The van der Waals surface area contributed by atoms with Crippen molar-refractivity contribution in [3.8, 4) is 0 Å². The summed E-state index contributed by atoms with van der Waals surface area (Å²) >= 11 is 0. The van der Waals surface area contributed by atoms with E-state index < -0.39 is 0 Å². The summed E-state index contributed by atoms with van der Waals surface area (Å²) < 4.78 is 19.1. The van der Waals surface area contributed by atoms with Gasteiger partial charge < -0.3 is 20.3 Å². The average Bonchev–Trinajstić information content (AvgIpc) is 2.70. The van der Waals surface area contributed by atoms with Crippen LogP contribution in [0.15, 0.2) is 53.5 Å². The van der Waals surface area contributed by atoms with Gasteiger partial charge in [-0.15, -0.1) is 0 Å². The highest BCUT2D eigenvalue weighted by Crippen LogP contribution is 2.16. The number of rotatable bonds is 5. The molecule has 0 spiro atoms. The van der Waals surface area contributed by atoms with Crippen LogP contribution in [0.3, 0.4) is 0 Å². The fraction of sp³-hybridized carbons (Fsp3) is 0.350. The fourth-order valence-corrected chi connectivity index (χ4v) is 2.87. The Kier molecular flexibility index (Phi) is 6.44. The summed E-state index contributed by atoms with van der Waals surface area (Å²) in [6.45, 7) is 4.48.